The number of hydrogen-bond donors (Lipinski definition) is 2. The average Bonchev–Trinajstić information content (AvgIpc) is 3.12. The lowest BCUT2D eigenvalue weighted by atomic mass is 9.99. The van der Waals surface area contributed by atoms with Crippen LogP contribution in [0, 0.1) is 6.92 Å². The number of benzene rings is 1. The van der Waals surface area contributed by atoms with Crippen LogP contribution in [-0.4, -0.2) is 86.0 Å². The second-order valence-electron chi connectivity index (χ2n) is 10.7. The number of hydrogen-bond acceptors (Lipinski definition) is 9. The van der Waals surface area contributed by atoms with E-state index in [-0.39, 0.29) is 58.3 Å². The number of halogens is 5. The predicted molar refractivity (Wildman–Crippen MR) is 147 cm³/mol. The van der Waals surface area contributed by atoms with E-state index in [0.717, 1.165) is 0 Å². The SMILES string of the molecule is Cc1cc(N)nc(-c2cc3c4c(c2Cl)=NCNC=4N(CCN(C)C)C=C(OC[C@@H]2C[C@@H](F)CN2C)O3)c1C(F)(F)F. The highest BCUT2D eigenvalue weighted by atomic mass is 35.5. The van der Waals surface area contributed by atoms with Gasteiger partial charge >= 0.3 is 12.1 Å². The average molecular weight is 598 g/mol. The quantitative estimate of drug-likeness (QED) is 0.471. The summed E-state index contributed by atoms with van der Waals surface area (Å²) in [5.74, 6) is 0.824. The normalized spacial score (nSPS) is 20.7. The first-order valence-electron chi connectivity index (χ1n) is 13.1. The number of rotatable bonds is 7. The van der Waals surface area contributed by atoms with Crippen LogP contribution in [0.5, 0.6) is 5.75 Å². The molecule has 0 unspecified atom stereocenters. The highest BCUT2D eigenvalue weighted by Gasteiger charge is 2.38. The van der Waals surface area contributed by atoms with E-state index in [4.69, 9.17) is 26.8 Å². The van der Waals surface area contributed by atoms with Crippen LogP contribution in [-0.2, 0) is 10.9 Å². The van der Waals surface area contributed by atoms with E-state index < -0.39 is 23.6 Å². The molecule has 1 fully saturated rings. The third kappa shape index (κ3) is 5.88. The highest BCUT2D eigenvalue weighted by Crippen LogP contribution is 2.41. The summed E-state index contributed by atoms with van der Waals surface area (Å²) in [5, 5.41) is 3.99. The minimum absolute atomic E-state index is 0.00662. The Bertz CT molecular complexity index is 1500. The lowest BCUT2D eigenvalue weighted by Gasteiger charge is -2.26. The first kappa shape index (κ1) is 29.2. The summed E-state index contributed by atoms with van der Waals surface area (Å²) in [6.45, 7) is 3.12. The van der Waals surface area contributed by atoms with Crippen LogP contribution in [0.25, 0.3) is 17.1 Å². The minimum atomic E-state index is -4.72. The monoisotopic (exact) mass is 597 g/mol. The fourth-order valence-electron chi connectivity index (χ4n) is 5.29. The molecule has 0 aliphatic carbocycles. The highest BCUT2D eigenvalue weighted by molar-refractivity contribution is 6.33. The Balaban J connectivity index is 1.66. The number of anilines is 1. The Labute approximate surface area is 239 Å². The molecular weight excluding hydrogens is 566 g/mol. The molecule has 0 bridgehead atoms. The molecule has 3 aliphatic rings. The van der Waals surface area contributed by atoms with E-state index in [1.54, 1.807) is 6.20 Å². The van der Waals surface area contributed by atoms with E-state index in [1.165, 1.54) is 19.1 Å². The maximum Gasteiger partial charge on any atom is 0.418 e. The van der Waals surface area contributed by atoms with Crippen molar-refractivity contribution in [3.63, 3.8) is 0 Å². The maximum atomic E-state index is 14.2. The number of likely N-dealkylation sites (tertiary alicyclic amines) is 1. The molecule has 0 amide bonds. The number of nitrogen functional groups attached to an aromatic ring is 1. The molecule has 1 aromatic heterocycles. The Morgan fingerprint density at radius 3 is 2.71 bits per heavy atom. The van der Waals surface area contributed by atoms with Gasteiger partial charge in [-0.2, -0.15) is 13.2 Å². The van der Waals surface area contributed by atoms with Gasteiger partial charge in [-0.15, -0.1) is 0 Å². The van der Waals surface area contributed by atoms with Gasteiger partial charge in [0, 0.05) is 31.2 Å². The first-order chi connectivity index (χ1) is 19.3. The number of aromatic nitrogens is 1. The first-order valence-corrected chi connectivity index (χ1v) is 13.5. The molecule has 0 radical (unpaired) electrons. The second kappa shape index (κ2) is 11.2. The molecule has 4 heterocycles. The van der Waals surface area contributed by atoms with Crippen molar-refractivity contribution in [3.05, 3.63) is 51.0 Å². The van der Waals surface area contributed by atoms with Gasteiger partial charge in [0.25, 0.3) is 0 Å². The van der Waals surface area contributed by atoms with Gasteiger partial charge in [-0.1, -0.05) is 11.6 Å². The van der Waals surface area contributed by atoms with Gasteiger partial charge < -0.3 is 30.3 Å². The Morgan fingerprint density at radius 2 is 2.05 bits per heavy atom. The van der Waals surface area contributed by atoms with Crippen LogP contribution < -0.4 is 26.4 Å². The summed E-state index contributed by atoms with van der Waals surface area (Å²) in [4.78, 5) is 14.3. The van der Waals surface area contributed by atoms with Crippen LogP contribution in [0.3, 0.4) is 0 Å². The Kier molecular flexibility index (Phi) is 7.96. The summed E-state index contributed by atoms with van der Waals surface area (Å²) in [6, 6.07) is 2.42. The van der Waals surface area contributed by atoms with Crippen molar-refractivity contribution in [1.29, 1.82) is 0 Å². The van der Waals surface area contributed by atoms with Gasteiger partial charge in [0.05, 0.1) is 33.1 Å². The Hall–Kier alpha value is -3.29. The zero-order chi connectivity index (χ0) is 29.6. The number of ether oxygens (including phenoxy) is 2. The van der Waals surface area contributed by atoms with E-state index in [9.17, 15) is 17.6 Å². The third-order valence-electron chi connectivity index (χ3n) is 7.30. The number of nitrogens with one attached hydrogen (secondary N) is 1. The van der Waals surface area contributed by atoms with Crippen molar-refractivity contribution in [3.8, 4) is 17.0 Å². The summed E-state index contributed by atoms with van der Waals surface area (Å²) >= 11 is 6.79. The van der Waals surface area contributed by atoms with Gasteiger partial charge in [-0.25, -0.2) is 9.37 Å². The number of alkyl halides is 4. The van der Waals surface area contributed by atoms with Crippen molar-refractivity contribution >= 4 is 23.2 Å². The minimum Gasteiger partial charge on any atom is -0.462 e. The Morgan fingerprint density at radius 1 is 1.29 bits per heavy atom. The summed E-state index contributed by atoms with van der Waals surface area (Å²) in [5.41, 5.74) is 4.41. The molecule has 2 atom stereocenters. The van der Waals surface area contributed by atoms with Crippen LogP contribution in [0.15, 0.2) is 29.3 Å². The molecule has 0 saturated carbocycles. The number of nitrogens with zero attached hydrogens (tertiary/aromatic N) is 5. The fourth-order valence-corrected chi connectivity index (χ4v) is 5.59. The zero-order valence-electron chi connectivity index (χ0n) is 23.1. The van der Waals surface area contributed by atoms with Crippen LogP contribution >= 0.6 is 11.6 Å². The number of likely N-dealkylation sites (N-methyl/N-ethyl adjacent to an activating group) is 2. The summed E-state index contributed by atoms with van der Waals surface area (Å²) in [7, 11) is 5.70. The van der Waals surface area contributed by atoms with Crippen molar-refractivity contribution in [2.24, 2.45) is 4.99 Å². The van der Waals surface area contributed by atoms with Crippen LogP contribution in [0.2, 0.25) is 5.02 Å². The van der Waals surface area contributed by atoms with Crippen molar-refractivity contribution < 1.29 is 27.0 Å². The van der Waals surface area contributed by atoms with Crippen molar-refractivity contribution in [1.82, 2.24) is 25.0 Å². The van der Waals surface area contributed by atoms with Gasteiger partial charge in [-0.05, 0) is 52.2 Å². The van der Waals surface area contributed by atoms with Gasteiger partial charge in [0.1, 0.15) is 36.8 Å². The van der Waals surface area contributed by atoms with Gasteiger partial charge in [0.15, 0.2) is 0 Å². The zero-order valence-corrected chi connectivity index (χ0v) is 23.9. The molecule has 5 rings (SSSR count). The molecule has 9 nitrogen and oxygen atoms in total. The summed E-state index contributed by atoms with van der Waals surface area (Å²) < 4.78 is 68.9. The molecule has 3 aliphatic heterocycles. The molecular formula is C27H32ClF4N7O2. The molecule has 0 spiro atoms. The molecule has 222 valence electrons. The van der Waals surface area contributed by atoms with E-state index in [1.807, 2.05) is 35.8 Å². The summed E-state index contributed by atoms with van der Waals surface area (Å²) in [6.07, 6.45) is -3.66. The fraction of sp³-hybridized carbons (Fsp3) is 0.481. The van der Waals surface area contributed by atoms with E-state index in [2.05, 4.69) is 15.3 Å². The van der Waals surface area contributed by atoms with Crippen molar-refractivity contribution in [2.45, 2.75) is 31.7 Å². The van der Waals surface area contributed by atoms with Crippen LogP contribution in [0.1, 0.15) is 17.5 Å². The van der Waals surface area contributed by atoms with Gasteiger partial charge in [-0.3, -0.25) is 9.89 Å². The maximum absolute atomic E-state index is 14.2. The number of aryl methyl sites for hydroxylation is 1. The standard InChI is InChI=1S/C27H32ClF4N7O2/c1-14-7-19(33)36-24(22(14)27(30,31)32)17-9-18-21-25(23(17)28)34-13-35-26(21)39(6-5-37(2)3)11-20(41-18)40-12-16-8-15(29)10-38(16)4/h7,9,11,15-16,35H,5-6,8,10,12-13H2,1-4H3,(H2,33,36)/t15-,16+/m1/s1. The smallest absolute Gasteiger partial charge is 0.418 e. The van der Waals surface area contributed by atoms with Crippen molar-refractivity contribution in [2.75, 3.05) is 59.8 Å². The topological polar surface area (TPSA) is 91.5 Å². The lowest BCUT2D eigenvalue weighted by Crippen LogP contribution is -2.45. The molecule has 2 aromatic rings. The number of nitrogens with two attached hydrogens (primary N) is 1. The van der Waals surface area contributed by atoms with Gasteiger partial charge in [0.2, 0.25) is 0 Å². The molecule has 3 N–H and O–H groups in total. The largest absolute Gasteiger partial charge is 0.462 e. The second-order valence-corrected chi connectivity index (χ2v) is 11.0. The van der Waals surface area contributed by atoms with Crippen LogP contribution in [0.4, 0.5) is 23.4 Å². The molecule has 1 saturated heterocycles. The lowest BCUT2D eigenvalue weighted by molar-refractivity contribution is -0.137. The van der Waals surface area contributed by atoms with E-state index >= 15 is 0 Å². The number of pyridine rings is 1. The molecule has 1 aromatic carbocycles. The predicted octanol–water partition coefficient (Wildman–Crippen LogP) is 2.67. The third-order valence-corrected chi connectivity index (χ3v) is 7.68. The molecule has 14 heteroatoms. The molecule has 41 heavy (non-hydrogen) atoms. The van der Waals surface area contributed by atoms with E-state index in [0.29, 0.717) is 37.1 Å².